The average Bonchev–Trinajstić information content (AvgIpc) is 3.08. The Morgan fingerprint density at radius 1 is 1.04 bits per heavy atom. The van der Waals surface area contributed by atoms with Crippen LogP contribution in [-0.4, -0.2) is 24.1 Å². The van der Waals surface area contributed by atoms with Crippen LogP contribution < -0.4 is 5.32 Å². The molecule has 0 bridgehead atoms. The normalized spacial score (nSPS) is 16.4. The molecule has 6 heteroatoms. The summed E-state index contributed by atoms with van der Waals surface area (Å²) >= 11 is 0. The number of amides is 1. The van der Waals surface area contributed by atoms with Crippen LogP contribution in [0.15, 0.2) is 41.4 Å². The standard InChI is InChI=1S/C20H24N2O3S/c1-14-6-7-16(3)17(12-14)26(24,25)20(9-4-5-10-20)19(23)22-18-13-15(2)8-11-21-18/h6-8,11-13H,4-5,9-10H2,1-3H3,(H,21,22,23). The molecule has 0 radical (unpaired) electrons. The van der Waals surface area contributed by atoms with E-state index in [9.17, 15) is 13.2 Å². The summed E-state index contributed by atoms with van der Waals surface area (Å²) in [6.45, 7) is 5.53. The fraction of sp³-hybridized carbons (Fsp3) is 0.400. The summed E-state index contributed by atoms with van der Waals surface area (Å²) in [5.74, 6) is -0.0913. The largest absolute Gasteiger partial charge is 0.309 e. The van der Waals surface area contributed by atoms with E-state index in [-0.39, 0.29) is 4.90 Å². The second kappa shape index (κ2) is 6.83. The molecule has 0 atom stereocenters. The highest BCUT2D eigenvalue weighted by atomic mass is 32.2. The predicted molar refractivity (Wildman–Crippen MR) is 102 cm³/mol. The van der Waals surface area contributed by atoms with E-state index in [1.165, 1.54) is 0 Å². The molecule has 2 aromatic rings. The van der Waals surface area contributed by atoms with Gasteiger partial charge in [-0.1, -0.05) is 25.0 Å². The lowest BCUT2D eigenvalue weighted by Crippen LogP contribution is -2.47. The van der Waals surface area contributed by atoms with Crippen molar-refractivity contribution in [1.82, 2.24) is 4.98 Å². The summed E-state index contributed by atoms with van der Waals surface area (Å²) < 4.78 is 25.7. The summed E-state index contributed by atoms with van der Waals surface area (Å²) in [5, 5.41) is 2.75. The summed E-state index contributed by atoms with van der Waals surface area (Å²) in [6, 6.07) is 8.92. The Bertz CT molecular complexity index is 945. The number of anilines is 1. The van der Waals surface area contributed by atoms with Crippen molar-refractivity contribution in [1.29, 1.82) is 0 Å². The highest BCUT2D eigenvalue weighted by Crippen LogP contribution is 2.42. The maximum absolute atomic E-state index is 13.5. The molecule has 0 saturated heterocycles. The molecule has 1 aromatic carbocycles. The minimum absolute atomic E-state index is 0.256. The first kappa shape index (κ1) is 18.6. The monoisotopic (exact) mass is 372 g/mol. The quantitative estimate of drug-likeness (QED) is 0.887. The molecule has 0 spiro atoms. The molecule has 5 nitrogen and oxygen atoms in total. The second-order valence-electron chi connectivity index (χ2n) is 7.15. The number of hydrogen-bond acceptors (Lipinski definition) is 4. The van der Waals surface area contributed by atoms with Crippen LogP contribution in [0.25, 0.3) is 0 Å². The van der Waals surface area contributed by atoms with Gasteiger partial charge >= 0.3 is 0 Å². The molecule has 1 aliphatic rings. The number of rotatable bonds is 4. The van der Waals surface area contributed by atoms with Crippen LogP contribution in [0.2, 0.25) is 0 Å². The van der Waals surface area contributed by atoms with E-state index in [0.29, 0.717) is 24.2 Å². The third-order valence-corrected chi connectivity index (χ3v) is 7.77. The van der Waals surface area contributed by atoms with Crippen molar-refractivity contribution in [2.45, 2.75) is 56.1 Å². The number of aromatic nitrogens is 1. The number of hydrogen-bond donors (Lipinski definition) is 1. The van der Waals surface area contributed by atoms with Crippen LogP contribution in [0, 0.1) is 20.8 Å². The minimum atomic E-state index is -3.82. The van der Waals surface area contributed by atoms with Gasteiger partial charge in [0, 0.05) is 6.20 Å². The number of pyridine rings is 1. The maximum atomic E-state index is 13.5. The van der Waals surface area contributed by atoms with Gasteiger partial charge in [-0.15, -0.1) is 0 Å². The smallest absolute Gasteiger partial charge is 0.247 e. The van der Waals surface area contributed by atoms with Gasteiger partial charge in [0.1, 0.15) is 5.82 Å². The second-order valence-corrected chi connectivity index (χ2v) is 9.37. The van der Waals surface area contributed by atoms with Crippen molar-refractivity contribution in [2.24, 2.45) is 0 Å². The fourth-order valence-electron chi connectivity index (χ4n) is 3.61. The molecule has 1 aromatic heterocycles. The first-order valence-corrected chi connectivity index (χ1v) is 10.3. The van der Waals surface area contributed by atoms with E-state index in [0.717, 1.165) is 24.0 Å². The third kappa shape index (κ3) is 3.14. The van der Waals surface area contributed by atoms with E-state index in [1.807, 2.05) is 26.0 Å². The Hall–Kier alpha value is -2.21. The van der Waals surface area contributed by atoms with Crippen molar-refractivity contribution < 1.29 is 13.2 Å². The SMILES string of the molecule is Cc1ccnc(NC(=O)C2(S(=O)(=O)c3cc(C)ccc3C)CCCC2)c1. The number of carbonyl (C=O) groups is 1. The van der Waals surface area contributed by atoms with E-state index in [1.54, 1.807) is 31.3 Å². The average molecular weight is 372 g/mol. The first-order chi connectivity index (χ1) is 12.3. The molecule has 1 aliphatic carbocycles. The van der Waals surface area contributed by atoms with E-state index >= 15 is 0 Å². The Balaban J connectivity index is 2.04. The van der Waals surface area contributed by atoms with E-state index in [4.69, 9.17) is 0 Å². The number of nitrogens with one attached hydrogen (secondary N) is 1. The van der Waals surface area contributed by atoms with Gasteiger partial charge in [-0.05, 0) is 68.5 Å². The van der Waals surface area contributed by atoms with Gasteiger partial charge in [0.15, 0.2) is 14.6 Å². The van der Waals surface area contributed by atoms with Crippen LogP contribution in [0.1, 0.15) is 42.4 Å². The van der Waals surface area contributed by atoms with Gasteiger partial charge in [0.2, 0.25) is 5.91 Å². The van der Waals surface area contributed by atoms with Gasteiger partial charge in [-0.2, -0.15) is 0 Å². The number of nitrogens with zero attached hydrogens (tertiary/aromatic N) is 1. The molecular formula is C20H24N2O3S. The lowest BCUT2D eigenvalue weighted by atomic mass is 10.1. The molecule has 1 amide bonds. The summed E-state index contributed by atoms with van der Waals surface area (Å²) in [5.41, 5.74) is 2.49. The number of benzene rings is 1. The molecule has 0 aliphatic heterocycles. The van der Waals surface area contributed by atoms with Gasteiger partial charge < -0.3 is 5.32 Å². The van der Waals surface area contributed by atoms with Crippen molar-refractivity contribution in [3.8, 4) is 0 Å². The Morgan fingerprint density at radius 3 is 2.35 bits per heavy atom. The van der Waals surface area contributed by atoms with Crippen molar-refractivity contribution in [3.63, 3.8) is 0 Å². The molecule has 1 heterocycles. The van der Waals surface area contributed by atoms with Crippen LogP contribution in [0.4, 0.5) is 5.82 Å². The molecule has 3 rings (SSSR count). The van der Waals surface area contributed by atoms with Gasteiger partial charge in [0.05, 0.1) is 4.90 Å². The molecule has 26 heavy (non-hydrogen) atoms. The molecule has 0 unspecified atom stereocenters. The fourth-order valence-corrected chi connectivity index (χ4v) is 5.98. The van der Waals surface area contributed by atoms with E-state index < -0.39 is 20.5 Å². The van der Waals surface area contributed by atoms with Crippen LogP contribution in [0.3, 0.4) is 0 Å². The predicted octanol–water partition coefficient (Wildman–Crippen LogP) is 3.73. The zero-order valence-corrected chi connectivity index (χ0v) is 16.2. The third-order valence-electron chi connectivity index (χ3n) is 5.13. The van der Waals surface area contributed by atoms with Crippen molar-refractivity contribution in [2.75, 3.05) is 5.32 Å². The van der Waals surface area contributed by atoms with Gasteiger partial charge in [-0.25, -0.2) is 13.4 Å². The molecule has 1 N–H and O–H groups in total. The highest BCUT2D eigenvalue weighted by Gasteiger charge is 2.53. The lowest BCUT2D eigenvalue weighted by Gasteiger charge is -2.28. The Kier molecular flexibility index (Phi) is 4.88. The van der Waals surface area contributed by atoms with Crippen LogP contribution in [-0.2, 0) is 14.6 Å². The topological polar surface area (TPSA) is 76.1 Å². The number of aryl methyl sites for hydroxylation is 3. The summed E-state index contributed by atoms with van der Waals surface area (Å²) in [7, 11) is -3.82. The molecule has 1 fully saturated rings. The number of carbonyl (C=O) groups excluding carboxylic acids is 1. The van der Waals surface area contributed by atoms with E-state index in [2.05, 4.69) is 10.3 Å². The summed E-state index contributed by atoms with van der Waals surface area (Å²) in [4.78, 5) is 17.5. The van der Waals surface area contributed by atoms with Crippen molar-refractivity contribution in [3.05, 3.63) is 53.2 Å². The maximum Gasteiger partial charge on any atom is 0.247 e. The van der Waals surface area contributed by atoms with Crippen molar-refractivity contribution >= 4 is 21.6 Å². The minimum Gasteiger partial charge on any atom is -0.309 e. The lowest BCUT2D eigenvalue weighted by molar-refractivity contribution is -0.118. The van der Waals surface area contributed by atoms with Gasteiger partial charge in [-0.3, -0.25) is 4.79 Å². The van der Waals surface area contributed by atoms with Crippen LogP contribution in [0.5, 0.6) is 0 Å². The van der Waals surface area contributed by atoms with Gasteiger partial charge in [0.25, 0.3) is 0 Å². The first-order valence-electron chi connectivity index (χ1n) is 8.82. The Morgan fingerprint density at radius 2 is 1.69 bits per heavy atom. The molecule has 138 valence electrons. The zero-order valence-electron chi connectivity index (χ0n) is 15.4. The molecular weight excluding hydrogens is 348 g/mol. The number of sulfone groups is 1. The van der Waals surface area contributed by atoms with Crippen LogP contribution >= 0.6 is 0 Å². The summed E-state index contributed by atoms with van der Waals surface area (Å²) in [6.07, 6.45) is 3.71. The zero-order chi connectivity index (χ0) is 18.9. The highest BCUT2D eigenvalue weighted by molar-refractivity contribution is 7.93. The molecule has 1 saturated carbocycles. The Labute approximate surface area is 154 Å².